The summed E-state index contributed by atoms with van der Waals surface area (Å²) in [5.41, 5.74) is 0.0640. The molecule has 0 amide bonds. The minimum absolute atomic E-state index is 0.0168. The molecule has 0 bridgehead atoms. The van der Waals surface area contributed by atoms with E-state index in [4.69, 9.17) is 37.8 Å². The molecule has 2 aromatic heterocycles. The number of carboxylic acid groups (broad SMARTS) is 1. The predicted octanol–water partition coefficient (Wildman–Crippen LogP) is 5.03. The van der Waals surface area contributed by atoms with Gasteiger partial charge in [-0.3, -0.25) is 4.79 Å². The van der Waals surface area contributed by atoms with Gasteiger partial charge in [-0.15, -0.1) is 26.3 Å². The number of benzene rings is 1. The Morgan fingerprint density at radius 1 is 1.30 bits per heavy atom. The van der Waals surface area contributed by atoms with E-state index in [0.29, 0.717) is 20.7 Å². The number of nitrogens with zero attached hydrogens (tertiary/aromatic N) is 5. The maximum absolute atomic E-state index is 11.9. The van der Waals surface area contributed by atoms with Gasteiger partial charge < -0.3 is 14.6 Å². The minimum Gasteiger partial charge on any atom is -0.481 e. The molecule has 3 rings (SSSR count). The van der Waals surface area contributed by atoms with E-state index < -0.39 is 23.8 Å². The molecule has 10 nitrogen and oxygen atoms in total. The average Bonchev–Trinajstić information content (AvgIpc) is 3.41. The van der Waals surface area contributed by atoms with Crippen LogP contribution in [0.2, 0.25) is 10.0 Å². The standard InChI is InChI=1S/C20H17Cl2N5O5S/c1-10(32-19(30)31-9-20(2,3)18(28)29)27-25-14(7-23)16(26-27)15-8-33-17(24-15)11-4-5-12(21)13(22)6-11/h4-6,8,10H,9H2,1-3H3,(H,28,29). The SMILES string of the molecule is CC(OC(=O)OCC(C)(C)C(=O)O)n1nc(C#N)c(-c2csc(-c3ccc(Cl)c(Cl)c3)n2)n1. The lowest BCUT2D eigenvalue weighted by Crippen LogP contribution is -2.31. The van der Waals surface area contributed by atoms with E-state index in [1.165, 1.54) is 32.1 Å². The summed E-state index contributed by atoms with van der Waals surface area (Å²) >= 11 is 13.3. The van der Waals surface area contributed by atoms with E-state index in [0.717, 1.165) is 10.4 Å². The highest BCUT2D eigenvalue weighted by molar-refractivity contribution is 7.13. The molecule has 0 aliphatic heterocycles. The van der Waals surface area contributed by atoms with Crippen LogP contribution in [0, 0.1) is 16.7 Å². The third-order valence-electron chi connectivity index (χ3n) is 4.37. The van der Waals surface area contributed by atoms with E-state index in [-0.39, 0.29) is 18.0 Å². The monoisotopic (exact) mass is 509 g/mol. The molecule has 2 heterocycles. The van der Waals surface area contributed by atoms with Gasteiger partial charge >= 0.3 is 12.1 Å². The third-order valence-corrected chi connectivity index (χ3v) is 6.00. The molecule has 1 aromatic carbocycles. The summed E-state index contributed by atoms with van der Waals surface area (Å²) in [6, 6.07) is 7.05. The van der Waals surface area contributed by atoms with Crippen molar-refractivity contribution in [2.75, 3.05) is 6.61 Å². The lowest BCUT2D eigenvalue weighted by molar-refractivity contribution is -0.149. The maximum Gasteiger partial charge on any atom is 0.510 e. The molecule has 3 aromatic rings. The van der Waals surface area contributed by atoms with Gasteiger partial charge in [-0.2, -0.15) is 5.26 Å². The van der Waals surface area contributed by atoms with Gasteiger partial charge in [0.2, 0.25) is 6.23 Å². The highest BCUT2D eigenvalue weighted by Gasteiger charge is 2.30. The lowest BCUT2D eigenvalue weighted by Gasteiger charge is -2.19. The summed E-state index contributed by atoms with van der Waals surface area (Å²) in [4.78, 5) is 28.6. The zero-order valence-electron chi connectivity index (χ0n) is 17.6. The number of ether oxygens (including phenoxy) is 2. The van der Waals surface area contributed by atoms with Crippen LogP contribution < -0.4 is 0 Å². The second kappa shape index (κ2) is 9.74. The molecule has 33 heavy (non-hydrogen) atoms. The van der Waals surface area contributed by atoms with Gasteiger partial charge in [0.1, 0.15) is 23.4 Å². The van der Waals surface area contributed by atoms with Crippen molar-refractivity contribution in [3.05, 3.63) is 39.3 Å². The zero-order chi connectivity index (χ0) is 24.3. The van der Waals surface area contributed by atoms with Crippen molar-refractivity contribution >= 4 is 46.7 Å². The normalized spacial score (nSPS) is 12.1. The van der Waals surface area contributed by atoms with Crippen molar-refractivity contribution in [3.63, 3.8) is 0 Å². The van der Waals surface area contributed by atoms with Crippen LogP contribution in [0.5, 0.6) is 0 Å². The number of carbonyl (C=O) groups is 2. The molecule has 0 aliphatic carbocycles. The van der Waals surface area contributed by atoms with Crippen LogP contribution in [0.4, 0.5) is 4.79 Å². The fourth-order valence-electron chi connectivity index (χ4n) is 2.40. The van der Waals surface area contributed by atoms with Crippen LogP contribution in [-0.4, -0.2) is 43.8 Å². The molecule has 0 radical (unpaired) electrons. The molecule has 13 heteroatoms. The Bertz CT molecular complexity index is 1250. The number of carbonyl (C=O) groups excluding carboxylic acids is 1. The fourth-order valence-corrected chi connectivity index (χ4v) is 3.50. The molecule has 1 unspecified atom stereocenters. The van der Waals surface area contributed by atoms with E-state index in [1.807, 2.05) is 6.07 Å². The summed E-state index contributed by atoms with van der Waals surface area (Å²) in [5.74, 6) is -1.12. The van der Waals surface area contributed by atoms with Crippen molar-refractivity contribution in [2.24, 2.45) is 5.41 Å². The first-order valence-electron chi connectivity index (χ1n) is 9.37. The van der Waals surface area contributed by atoms with Crippen LogP contribution in [0.25, 0.3) is 22.0 Å². The average molecular weight is 510 g/mol. The third kappa shape index (κ3) is 5.60. The topological polar surface area (TPSA) is 140 Å². The highest BCUT2D eigenvalue weighted by atomic mass is 35.5. The van der Waals surface area contributed by atoms with Crippen LogP contribution in [0.15, 0.2) is 23.6 Å². The molecule has 1 atom stereocenters. The summed E-state index contributed by atoms with van der Waals surface area (Å²) in [6.07, 6.45) is -2.12. The summed E-state index contributed by atoms with van der Waals surface area (Å²) < 4.78 is 9.96. The van der Waals surface area contributed by atoms with Crippen molar-refractivity contribution in [2.45, 2.75) is 27.0 Å². The van der Waals surface area contributed by atoms with E-state index in [1.54, 1.807) is 23.6 Å². The maximum atomic E-state index is 11.9. The molecule has 172 valence electrons. The second-order valence-corrected chi connectivity index (χ2v) is 9.11. The van der Waals surface area contributed by atoms with E-state index in [9.17, 15) is 14.9 Å². The molecule has 1 N–H and O–H groups in total. The van der Waals surface area contributed by atoms with Gasteiger partial charge in [0.15, 0.2) is 11.4 Å². The number of aromatic nitrogens is 4. The van der Waals surface area contributed by atoms with Crippen molar-refractivity contribution in [1.82, 2.24) is 20.0 Å². The number of hydrogen-bond donors (Lipinski definition) is 1. The van der Waals surface area contributed by atoms with Gasteiger partial charge in [-0.05, 0) is 32.9 Å². The molecule has 0 saturated heterocycles. The molecule has 0 spiro atoms. The molecule has 0 saturated carbocycles. The lowest BCUT2D eigenvalue weighted by atomic mass is 9.95. The Kier molecular flexibility index (Phi) is 7.22. The number of hydrogen-bond acceptors (Lipinski definition) is 9. The summed E-state index contributed by atoms with van der Waals surface area (Å²) in [7, 11) is 0. The van der Waals surface area contributed by atoms with E-state index >= 15 is 0 Å². The molecule has 0 fully saturated rings. The fraction of sp³-hybridized carbons (Fsp3) is 0.300. The number of nitriles is 1. The van der Waals surface area contributed by atoms with Gasteiger partial charge in [0.25, 0.3) is 0 Å². The predicted molar refractivity (Wildman–Crippen MR) is 120 cm³/mol. The Labute approximate surface area is 202 Å². The van der Waals surface area contributed by atoms with Crippen molar-refractivity contribution in [1.29, 1.82) is 5.26 Å². The van der Waals surface area contributed by atoms with Crippen LogP contribution in [-0.2, 0) is 14.3 Å². The van der Waals surface area contributed by atoms with Gasteiger partial charge in [-0.1, -0.05) is 29.3 Å². The molecular formula is C20H17Cl2N5O5S. The highest BCUT2D eigenvalue weighted by Crippen LogP contribution is 2.33. The number of thiazole rings is 1. The number of halogens is 2. The summed E-state index contributed by atoms with van der Waals surface area (Å²) in [5, 5.41) is 30.0. The zero-order valence-corrected chi connectivity index (χ0v) is 19.9. The first-order valence-corrected chi connectivity index (χ1v) is 11.0. The number of aliphatic carboxylic acids is 1. The largest absolute Gasteiger partial charge is 0.510 e. The quantitative estimate of drug-likeness (QED) is 0.433. The Morgan fingerprint density at radius 3 is 2.67 bits per heavy atom. The van der Waals surface area contributed by atoms with Crippen LogP contribution in [0.1, 0.15) is 32.7 Å². The number of carboxylic acids is 1. The van der Waals surface area contributed by atoms with Crippen molar-refractivity contribution < 1.29 is 24.2 Å². The Hall–Kier alpha value is -3.20. The second-order valence-electron chi connectivity index (χ2n) is 7.44. The van der Waals surface area contributed by atoms with E-state index in [2.05, 4.69) is 15.2 Å². The molecule has 0 aliphatic rings. The van der Waals surface area contributed by atoms with Crippen molar-refractivity contribution in [3.8, 4) is 28.0 Å². The first kappa shape index (κ1) is 24.4. The summed E-state index contributed by atoms with van der Waals surface area (Å²) in [6.45, 7) is 3.90. The number of rotatable bonds is 7. The van der Waals surface area contributed by atoms with Crippen LogP contribution >= 0.6 is 34.5 Å². The van der Waals surface area contributed by atoms with Crippen LogP contribution in [0.3, 0.4) is 0 Å². The Morgan fingerprint density at radius 2 is 2.03 bits per heavy atom. The Balaban J connectivity index is 1.76. The molecular weight excluding hydrogens is 493 g/mol. The first-order chi connectivity index (χ1) is 15.5. The van der Waals surface area contributed by atoms with Gasteiger partial charge in [0, 0.05) is 10.9 Å². The van der Waals surface area contributed by atoms with Gasteiger partial charge in [-0.25, -0.2) is 9.78 Å². The smallest absolute Gasteiger partial charge is 0.481 e. The van der Waals surface area contributed by atoms with Gasteiger partial charge in [0.05, 0.1) is 15.5 Å². The minimum atomic E-state index is -1.27.